The molecule has 0 N–H and O–H groups in total. The number of hydrogen-bond donors (Lipinski definition) is 0. The van der Waals surface area contributed by atoms with E-state index in [0.29, 0.717) is 11.5 Å². The Morgan fingerprint density at radius 2 is 1.96 bits per heavy atom. The highest BCUT2D eigenvalue weighted by molar-refractivity contribution is 7.16. The van der Waals surface area contributed by atoms with Crippen molar-refractivity contribution >= 4 is 28.6 Å². The molecule has 5 heteroatoms. The van der Waals surface area contributed by atoms with Gasteiger partial charge in [-0.3, -0.25) is 4.79 Å². The average molecular weight is 400 g/mol. The number of ether oxygens (including phenoxy) is 1. The van der Waals surface area contributed by atoms with Crippen LogP contribution in [0.2, 0.25) is 0 Å². The maximum Gasteiger partial charge on any atom is 0.175 e. The van der Waals surface area contributed by atoms with Gasteiger partial charge < -0.3 is 14.1 Å². The molecule has 0 aliphatic carbocycles. The van der Waals surface area contributed by atoms with Gasteiger partial charge in [-0.25, -0.2) is 0 Å². The zero-order valence-corrected chi connectivity index (χ0v) is 18.0. The van der Waals surface area contributed by atoms with Crippen molar-refractivity contribution in [3.05, 3.63) is 41.0 Å². The first-order valence-corrected chi connectivity index (χ1v) is 10.9. The first-order chi connectivity index (χ1) is 13.6. The second-order valence-electron chi connectivity index (χ2n) is 6.98. The van der Waals surface area contributed by atoms with Crippen molar-refractivity contribution in [2.45, 2.75) is 40.0 Å². The van der Waals surface area contributed by atoms with Crippen LogP contribution in [0.1, 0.15) is 55.5 Å². The molecule has 1 unspecified atom stereocenters. The molecule has 150 valence electrons. The third-order valence-corrected chi connectivity index (χ3v) is 6.32. The number of carbonyl (C=O) groups is 1. The van der Waals surface area contributed by atoms with Crippen LogP contribution in [0.3, 0.4) is 0 Å². The molecule has 4 nitrogen and oxygen atoms in total. The van der Waals surface area contributed by atoms with E-state index in [0.717, 1.165) is 65.3 Å². The van der Waals surface area contributed by atoms with Gasteiger partial charge in [0.05, 0.1) is 4.88 Å². The van der Waals surface area contributed by atoms with E-state index in [1.54, 1.807) is 0 Å². The predicted molar refractivity (Wildman–Crippen MR) is 117 cm³/mol. The van der Waals surface area contributed by atoms with Crippen molar-refractivity contribution in [1.29, 1.82) is 0 Å². The number of thiophene rings is 1. The first kappa shape index (κ1) is 20.6. The number of fused-ring (bicyclic) bond motifs is 1. The largest absolute Gasteiger partial charge is 0.483 e. The van der Waals surface area contributed by atoms with Crippen LogP contribution in [-0.2, 0) is 0 Å². The Balaban J connectivity index is 1.97. The maximum atomic E-state index is 11.8. The van der Waals surface area contributed by atoms with E-state index < -0.39 is 0 Å². The normalized spacial score (nSPS) is 12.6. The van der Waals surface area contributed by atoms with Gasteiger partial charge in [0.15, 0.2) is 11.3 Å². The van der Waals surface area contributed by atoms with Crippen LogP contribution in [0.4, 0.5) is 0 Å². The Hall–Kier alpha value is -2.11. The highest BCUT2D eigenvalue weighted by Gasteiger charge is 2.23. The number of furan rings is 1. The molecule has 0 saturated carbocycles. The Morgan fingerprint density at radius 1 is 1.21 bits per heavy atom. The van der Waals surface area contributed by atoms with E-state index in [9.17, 15) is 4.79 Å². The topological polar surface area (TPSA) is 42.7 Å². The van der Waals surface area contributed by atoms with Gasteiger partial charge in [-0.2, -0.15) is 0 Å². The number of para-hydroxylation sites is 1. The van der Waals surface area contributed by atoms with E-state index in [4.69, 9.17) is 9.15 Å². The van der Waals surface area contributed by atoms with Crippen LogP contribution in [0.25, 0.3) is 22.1 Å². The van der Waals surface area contributed by atoms with Crippen molar-refractivity contribution in [2.24, 2.45) is 0 Å². The van der Waals surface area contributed by atoms with Gasteiger partial charge in [0, 0.05) is 35.0 Å². The summed E-state index contributed by atoms with van der Waals surface area (Å²) in [5.41, 5.74) is 2.81. The fourth-order valence-electron chi connectivity index (χ4n) is 3.43. The van der Waals surface area contributed by atoms with Gasteiger partial charge in [0.2, 0.25) is 0 Å². The summed E-state index contributed by atoms with van der Waals surface area (Å²) in [7, 11) is 0. The standard InChI is InChI=1S/C23H29NO3S/c1-5-16(4)23-22(17-10-8-9-11-19(17)27-23)18-14-21(28-20(18)15-25)26-13-12-24(6-2)7-3/h8-11,14-16H,5-7,12-13H2,1-4H3. The zero-order chi connectivity index (χ0) is 20.1. The molecule has 2 heterocycles. The number of carbonyl (C=O) groups excluding carboxylic acids is 1. The predicted octanol–water partition coefficient (Wildman–Crippen LogP) is 6.21. The SMILES string of the molecule is CCC(C)c1oc2ccccc2c1-c1cc(OCCN(CC)CC)sc1C=O. The zero-order valence-electron chi connectivity index (χ0n) is 17.2. The van der Waals surface area contributed by atoms with E-state index >= 15 is 0 Å². The van der Waals surface area contributed by atoms with Crippen molar-refractivity contribution in [3.63, 3.8) is 0 Å². The Labute approximate surface area is 171 Å². The fourth-order valence-corrected chi connectivity index (χ4v) is 4.28. The molecule has 0 aliphatic heterocycles. The molecule has 0 radical (unpaired) electrons. The number of benzene rings is 1. The van der Waals surface area contributed by atoms with Crippen molar-refractivity contribution in [3.8, 4) is 16.2 Å². The fraction of sp³-hybridized carbons (Fsp3) is 0.435. The van der Waals surface area contributed by atoms with Gasteiger partial charge in [0.25, 0.3) is 0 Å². The number of rotatable bonds is 10. The lowest BCUT2D eigenvalue weighted by molar-refractivity contribution is 0.112. The van der Waals surface area contributed by atoms with Crippen LogP contribution in [-0.4, -0.2) is 37.4 Å². The van der Waals surface area contributed by atoms with E-state index in [-0.39, 0.29) is 5.92 Å². The smallest absolute Gasteiger partial charge is 0.175 e. The van der Waals surface area contributed by atoms with E-state index in [1.807, 2.05) is 24.3 Å². The highest BCUT2D eigenvalue weighted by Crippen LogP contribution is 2.44. The van der Waals surface area contributed by atoms with Crippen LogP contribution < -0.4 is 4.74 Å². The van der Waals surface area contributed by atoms with Gasteiger partial charge in [0.1, 0.15) is 18.0 Å². The van der Waals surface area contributed by atoms with E-state index in [2.05, 4.69) is 38.7 Å². The number of nitrogens with zero attached hydrogens (tertiary/aromatic N) is 1. The molecule has 3 aromatic rings. The summed E-state index contributed by atoms with van der Waals surface area (Å²) in [6.07, 6.45) is 1.90. The average Bonchev–Trinajstić information content (AvgIpc) is 3.31. The van der Waals surface area contributed by atoms with Crippen molar-refractivity contribution in [2.75, 3.05) is 26.2 Å². The Kier molecular flexibility index (Phi) is 6.92. The van der Waals surface area contributed by atoms with Crippen LogP contribution in [0.5, 0.6) is 5.06 Å². The third-order valence-electron chi connectivity index (χ3n) is 5.34. The molecule has 0 fully saturated rings. The summed E-state index contributed by atoms with van der Waals surface area (Å²) in [5.74, 6) is 1.22. The van der Waals surface area contributed by atoms with Crippen LogP contribution in [0, 0.1) is 0 Å². The monoisotopic (exact) mass is 399 g/mol. The molecule has 0 saturated heterocycles. The van der Waals surface area contributed by atoms with Gasteiger partial charge in [-0.1, -0.05) is 57.2 Å². The molecule has 1 atom stereocenters. The van der Waals surface area contributed by atoms with E-state index in [1.165, 1.54) is 11.3 Å². The first-order valence-electron chi connectivity index (χ1n) is 10.1. The highest BCUT2D eigenvalue weighted by atomic mass is 32.1. The Morgan fingerprint density at radius 3 is 2.64 bits per heavy atom. The molecule has 0 amide bonds. The minimum atomic E-state index is 0.272. The minimum Gasteiger partial charge on any atom is -0.483 e. The quantitative estimate of drug-likeness (QED) is 0.380. The Bertz CT molecular complexity index is 923. The minimum absolute atomic E-state index is 0.272. The number of hydrogen-bond acceptors (Lipinski definition) is 5. The molecule has 1 aromatic carbocycles. The van der Waals surface area contributed by atoms with Crippen LogP contribution in [0.15, 0.2) is 34.7 Å². The third kappa shape index (κ3) is 4.15. The molecule has 0 bridgehead atoms. The molecular weight excluding hydrogens is 370 g/mol. The van der Waals surface area contributed by atoms with Crippen molar-refractivity contribution in [1.82, 2.24) is 4.90 Å². The lowest BCUT2D eigenvalue weighted by Gasteiger charge is -2.17. The second-order valence-corrected chi connectivity index (χ2v) is 8.03. The van der Waals surface area contributed by atoms with Crippen molar-refractivity contribution < 1.29 is 13.9 Å². The second kappa shape index (κ2) is 9.39. The lowest BCUT2D eigenvalue weighted by Crippen LogP contribution is -2.27. The maximum absolute atomic E-state index is 11.8. The number of likely N-dealkylation sites (N-methyl/N-ethyl adjacent to an activating group) is 1. The molecular formula is C23H29NO3S. The number of aldehydes is 1. The summed E-state index contributed by atoms with van der Waals surface area (Å²) >= 11 is 1.41. The summed E-state index contributed by atoms with van der Waals surface area (Å²) in [6.45, 7) is 12.1. The lowest BCUT2D eigenvalue weighted by atomic mass is 9.95. The van der Waals surface area contributed by atoms with Gasteiger partial charge >= 0.3 is 0 Å². The summed E-state index contributed by atoms with van der Waals surface area (Å²) in [5, 5.41) is 1.83. The molecule has 28 heavy (non-hydrogen) atoms. The van der Waals surface area contributed by atoms with Gasteiger partial charge in [-0.05, 0) is 25.6 Å². The summed E-state index contributed by atoms with van der Waals surface area (Å²) in [6, 6.07) is 10.0. The molecule has 0 spiro atoms. The van der Waals surface area contributed by atoms with Gasteiger partial charge in [-0.15, -0.1) is 0 Å². The molecule has 2 aromatic heterocycles. The molecule has 0 aliphatic rings. The molecule has 3 rings (SSSR count). The summed E-state index contributed by atoms with van der Waals surface area (Å²) in [4.78, 5) is 14.8. The van der Waals surface area contributed by atoms with Crippen LogP contribution >= 0.6 is 11.3 Å². The summed E-state index contributed by atoms with van der Waals surface area (Å²) < 4.78 is 12.2.